The molecule has 0 bridgehead atoms. The van der Waals surface area contributed by atoms with Crippen molar-refractivity contribution >= 4 is 25.7 Å². The second-order valence-corrected chi connectivity index (χ2v) is 18.1. The molecule has 0 amide bonds. The lowest BCUT2D eigenvalue weighted by molar-refractivity contribution is -0.161. The van der Waals surface area contributed by atoms with Crippen LogP contribution < -0.4 is 5.73 Å². The first kappa shape index (κ1) is 57.2. The third-order valence-electron chi connectivity index (χ3n) is 10.8. The molecule has 0 aromatic heterocycles. The second-order valence-electron chi connectivity index (χ2n) is 16.6. The molecule has 0 saturated heterocycles. The number of aliphatic carboxylic acids is 1. The predicted molar refractivity (Wildman–Crippen MR) is 240 cm³/mol. The van der Waals surface area contributed by atoms with Crippen molar-refractivity contribution in [3.8, 4) is 0 Å². The fourth-order valence-electron chi connectivity index (χ4n) is 6.94. The van der Waals surface area contributed by atoms with Crippen LogP contribution in [0.15, 0.2) is 12.2 Å². The molecular formula is C47H90NO10P. The van der Waals surface area contributed by atoms with E-state index >= 15 is 0 Å². The Balaban J connectivity index is 4.21. The van der Waals surface area contributed by atoms with Crippen molar-refractivity contribution < 1.29 is 47.5 Å². The van der Waals surface area contributed by atoms with E-state index in [4.69, 9.17) is 24.8 Å². The molecule has 0 saturated carbocycles. The fourth-order valence-corrected chi connectivity index (χ4v) is 7.72. The topological polar surface area (TPSA) is 172 Å². The zero-order chi connectivity index (χ0) is 43.5. The summed E-state index contributed by atoms with van der Waals surface area (Å²) in [4.78, 5) is 46.0. The summed E-state index contributed by atoms with van der Waals surface area (Å²) < 4.78 is 32.8. The highest BCUT2D eigenvalue weighted by Crippen LogP contribution is 2.43. The van der Waals surface area contributed by atoms with Gasteiger partial charge >= 0.3 is 25.7 Å². The van der Waals surface area contributed by atoms with E-state index in [1.54, 1.807) is 0 Å². The summed E-state index contributed by atoms with van der Waals surface area (Å²) in [5.41, 5.74) is 5.34. The monoisotopic (exact) mass is 860 g/mol. The molecule has 0 aliphatic heterocycles. The molecule has 0 aromatic rings. The van der Waals surface area contributed by atoms with Gasteiger partial charge in [0.25, 0.3) is 0 Å². The maximum Gasteiger partial charge on any atom is 0.472 e. The quantitative estimate of drug-likeness (QED) is 0.0230. The zero-order valence-corrected chi connectivity index (χ0v) is 38.8. The normalized spacial score (nSPS) is 13.7. The number of hydrogen-bond donors (Lipinski definition) is 3. The summed E-state index contributed by atoms with van der Waals surface area (Å²) in [6.07, 6.45) is 44.2. The fraction of sp³-hybridized carbons (Fsp3) is 0.894. The summed E-state index contributed by atoms with van der Waals surface area (Å²) in [5, 5.41) is 8.90. The van der Waals surface area contributed by atoms with E-state index in [1.165, 1.54) is 141 Å². The van der Waals surface area contributed by atoms with E-state index in [1.807, 2.05) is 0 Å². The summed E-state index contributed by atoms with van der Waals surface area (Å²) >= 11 is 0. The number of carbonyl (C=O) groups excluding carboxylic acids is 2. The van der Waals surface area contributed by atoms with E-state index in [0.717, 1.165) is 57.8 Å². The van der Waals surface area contributed by atoms with Crippen molar-refractivity contribution in [3.05, 3.63) is 12.2 Å². The summed E-state index contributed by atoms with van der Waals surface area (Å²) in [5.74, 6) is -2.37. The van der Waals surface area contributed by atoms with E-state index in [2.05, 4.69) is 30.5 Å². The number of esters is 2. The Bertz CT molecular complexity index is 1060. The molecule has 0 spiro atoms. The third-order valence-corrected chi connectivity index (χ3v) is 11.7. The number of phosphoric acid groups is 1. The molecule has 0 radical (unpaired) electrons. The first-order valence-corrected chi connectivity index (χ1v) is 25.7. The number of unbranched alkanes of at least 4 members (excludes halogenated alkanes) is 30. The van der Waals surface area contributed by atoms with Crippen molar-refractivity contribution in [2.24, 2.45) is 5.73 Å². The number of ether oxygens (including phenoxy) is 2. The van der Waals surface area contributed by atoms with Gasteiger partial charge in [0, 0.05) is 12.8 Å². The van der Waals surface area contributed by atoms with Crippen LogP contribution in [0.3, 0.4) is 0 Å². The van der Waals surface area contributed by atoms with Crippen molar-refractivity contribution in [2.75, 3.05) is 19.8 Å². The predicted octanol–water partition coefficient (Wildman–Crippen LogP) is 13.2. The van der Waals surface area contributed by atoms with Crippen LogP contribution >= 0.6 is 7.82 Å². The van der Waals surface area contributed by atoms with E-state index < -0.39 is 51.1 Å². The molecule has 0 aliphatic rings. The average Bonchev–Trinajstić information content (AvgIpc) is 3.21. The number of nitrogens with two attached hydrogens (primary N) is 1. The van der Waals surface area contributed by atoms with Gasteiger partial charge in [-0.1, -0.05) is 199 Å². The van der Waals surface area contributed by atoms with Crippen LogP contribution in [0.2, 0.25) is 0 Å². The average molecular weight is 860 g/mol. The molecule has 0 aliphatic carbocycles. The number of hydrogen-bond acceptors (Lipinski definition) is 9. The Labute approximate surface area is 360 Å². The Morgan fingerprint density at radius 3 is 1.25 bits per heavy atom. The van der Waals surface area contributed by atoms with Gasteiger partial charge in [0.1, 0.15) is 12.6 Å². The molecule has 0 heterocycles. The minimum absolute atomic E-state index is 0.166. The molecule has 12 heteroatoms. The first-order chi connectivity index (χ1) is 28.6. The van der Waals surface area contributed by atoms with Crippen LogP contribution in [0, 0.1) is 0 Å². The van der Waals surface area contributed by atoms with Gasteiger partial charge in [0.05, 0.1) is 13.2 Å². The van der Waals surface area contributed by atoms with Gasteiger partial charge in [0.2, 0.25) is 0 Å². The number of rotatable bonds is 46. The molecule has 0 fully saturated rings. The maximum absolute atomic E-state index is 12.7. The van der Waals surface area contributed by atoms with Gasteiger partial charge < -0.3 is 25.2 Å². The highest BCUT2D eigenvalue weighted by atomic mass is 31.2. The Morgan fingerprint density at radius 2 is 0.847 bits per heavy atom. The molecule has 1 unspecified atom stereocenters. The van der Waals surface area contributed by atoms with Crippen LogP contribution in [0.25, 0.3) is 0 Å². The van der Waals surface area contributed by atoms with Gasteiger partial charge in [-0.15, -0.1) is 0 Å². The molecule has 11 nitrogen and oxygen atoms in total. The summed E-state index contributed by atoms with van der Waals surface area (Å²) in [6, 6.07) is -1.52. The van der Waals surface area contributed by atoms with Crippen LogP contribution in [0.1, 0.15) is 239 Å². The van der Waals surface area contributed by atoms with Gasteiger partial charge in [-0.2, -0.15) is 0 Å². The van der Waals surface area contributed by atoms with Crippen LogP contribution in [0.4, 0.5) is 0 Å². The highest BCUT2D eigenvalue weighted by molar-refractivity contribution is 7.47. The van der Waals surface area contributed by atoms with E-state index in [9.17, 15) is 23.8 Å². The molecular weight excluding hydrogens is 769 g/mol. The minimum Gasteiger partial charge on any atom is -0.480 e. The van der Waals surface area contributed by atoms with Gasteiger partial charge in [-0.3, -0.25) is 23.4 Å². The maximum atomic E-state index is 12.7. The van der Waals surface area contributed by atoms with Crippen LogP contribution in [0.5, 0.6) is 0 Å². The third kappa shape index (κ3) is 42.7. The largest absolute Gasteiger partial charge is 0.480 e. The Kier molecular flexibility index (Phi) is 41.6. The van der Waals surface area contributed by atoms with Gasteiger partial charge in [-0.25, -0.2) is 4.57 Å². The number of carboxylic acid groups (broad SMARTS) is 1. The molecule has 59 heavy (non-hydrogen) atoms. The van der Waals surface area contributed by atoms with Crippen molar-refractivity contribution in [1.82, 2.24) is 0 Å². The lowest BCUT2D eigenvalue weighted by Gasteiger charge is -2.20. The lowest BCUT2D eigenvalue weighted by Crippen LogP contribution is -2.34. The van der Waals surface area contributed by atoms with Crippen molar-refractivity contribution in [2.45, 2.75) is 251 Å². The van der Waals surface area contributed by atoms with Crippen molar-refractivity contribution in [1.29, 1.82) is 0 Å². The van der Waals surface area contributed by atoms with Gasteiger partial charge in [0.15, 0.2) is 6.10 Å². The molecule has 3 atom stereocenters. The standard InChI is InChI=1S/C47H90NO10P/c1-3-5-7-9-11-13-15-17-18-19-20-21-22-23-24-25-27-29-31-33-35-37-39-46(50)58-43(41-56-59(53,54)57-42-44(48)47(51)52)40-55-45(49)38-36-34-32-30-28-26-16-14-12-10-8-6-4-2/h14,16,43-44H,3-13,15,17-42,48H2,1-2H3,(H,51,52)(H,53,54)/b16-14+/t43-,44-/m0/s1. The minimum atomic E-state index is -4.71. The molecule has 348 valence electrons. The number of phosphoric ester groups is 1. The second kappa shape index (κ2) is 42.9. The molecule has 0 rings (SSSR count). The van der Waals surface area contributed by atoms with Crippen LogP contribution in [-0.2, 0) is 37.5 Å². The lowest BCUT2D eigenvalue weighted by atomic mass is 10.0. The summed E-state index contributed by atoms with van der Waals surface area (Å²) in [7, 11) is -4.71. The SMILES string of the molecule is CCCCCC/C=C/CCCCCCCC(=O)OC[C@@H](COP(=O)(O)OC[C@H](N)C(=O)O)OC(=O)CCCCCCCCCCCCCCCCCCCCCCCC. The Morgan fingerprint density at radius 1 is 0.508 bits per heavy atom. The highest BCUT2D eigenvalue weighted by Gasteiger charge is 2.28. The van der Waals surface area contributed by atoms with Gasteiger partial charge in [-0.05, 0) is 38.5 Å². The first-order valence-electron chi connectivity index (χ1n) is 24.2. The smallest absolute Gasteiger partial charge is 0.472 e. The number of carboxylic acids is 1. The molecule has 4 N–H and O–H groups in total. The number of allylic oxidation sites excluding steroid dienone is 2. The Hall–Kier alpha value is -1.78. The summed E-state index contributed by atoms with van der Waals surface area (Å²) in [6.45, 7) is 2.82. The number of carbonyl (C=O) groups is 3. The van der Waals surface area contributed by atoms with Crippen LogP contribution in [-0.4, -0.2) is 59.9 Å². The molecule has 0 aromatic carbocycles. The van der Waals surface area contributed by atoms with Crippen molar-refractivity contribution in [3.63, 3.8) is 0 Å². The van der Waals surface area contributed by atoms with E-state index in [-0.39, 0.29) is 19.4 Å². The zero-order valence-electron chi connectivity index (χ0n) is 37.9. The van der Waals surface area contributed by atoms with E-state index in [0.29, 0.717) is 12.8 Å².